The zero-order valence-corrected chi connectivity index (χ0v) is 11.0. The van der Waals surface area contributed by atoms with Crippen LogP contribution in [0.4, 0.5) is 5.69 Å². The van der Waals surface area contributed by atoms with Crippen LogP contribution in [0.25, 0.3) is 0 Å². The van der Waals surface area contributed by atoms with Crippen LogP contribution in [0.3, 0.4) is 0 Å². The molecule has 1 aromatic carbocycles. The van der Waals surface area contributed by atoms with Crippen LogP contribution in [0.1, 0.15) is 10.4 Å². The lowest BCUT2D eigenvalue weighted by Crippen LogP contribution is -2.42. The molecule has 0 saturated carbocycles. The van der Waals surface area contributed by atoms with Crippen molar-refractivity contribution in [2.24, 2.45) is 0 Å². The van der Waals surface area contributed by atoms with Gasteiger partial charge in [-0.2, -0.15) is 0 Å². The van der Waals surface area contributed by atoms with Crippen LogP contribution in [-0.4, -0.2) is 36.7 Å². The van der Waals surface area contributed by atoms with E-state index in [4.69, 9.17) is 9.84 Å². The van der Waals surface area contributed by atoms with Crippen LogP contribution >= 0.6 is 22.6 Å². The van der Waals surface area contributed by atoms with Crippen molar-refractivity contribution >= 4 is 40.2 Å². The number of aromatic carboxylic acids is 1. The highest BCUT2D eigenvalue weighted by atomic mass is 127. The van der Waals surface area contributed by atoms with Crippen LogP contribution in [-0.2, 0) is 9.53 Å². The van der Waals surface area contributed by atoms with Crippen LogP contribution in [0.2, 0.25) is 0 Å². The summed E-state index contributed by atoms with van der Waals surface area (Å²) in [6, 6.07) is 5.00. The number of carboxylic acid groups (broad SMARTS) is 1. The van der Waals surface area contributed by atoms with E-state index in [-0.39, 0.29) is 18.1 Å². The van der Waals surface area contributed by atoms with Crippen molar-refractivity contribution in [3.8, 4) is 0 Å². The van der Waals surface area contributed by atoms with Gasteiger partial charge >= 0.3 is 5.97 Å². The van der Waals surface area contributed by atoms with Gasteiger partial charge in [-0.3, -0.25) is 4.79 Å². The minimum Gasteiger partial charge on any atom is -0.478 e. The molecule has 0 unspecified atom stereocenters. The fraction of sp³-hybridized carbons (Fsp3) is 0.273. The summed E-state index contributed by atoms with van der Waals surface area (Å²) >= 11 is 2.04. The maximum atomic E-state index is 11.7. The van der Waals surface area contributed by atoms with E-state index in [1.165, 1.54) is 4.90 Å². The summed E-state index contributed by atoms with van der Waals surface area (Å²) in [5.74, 6) is -1.24. The molecule has 0 bridgehead atoms. The number of nitrogens with zero attached hydrogens (tertiary/aromatic N) is 1. The van der Waals surface area contributed by atoms with Crippen LogP contribution in [0.5, 0.6) is 0 Å². The largest absolute Gasteiger partial charge is 0.478 e. The summed E-state index contributed by atoms with van der Waals surface area (Å²) in [4.78, 5) is 24.3. The molecule has 1 aliphatic rings. The standard InChI is InChI=1S/C11H10INO4/c12-7-1-2-9(8(5-7)11(15)16)13-3-4-17-6-10(13)14/h1-2,5H,3-4,6H2,(H,15,16). The maximum absolute atomic E-state index is 11.7. The SMILES string of the molecule is O=C(O)c1cc(I)ccc1N1CCOCC1=O. The average molecular weight is 347 g/mol. The second-order valence-corrected chi connectivity index (χ2v) is 4.81. The molecule has 5 nitrogen and oxygen atoms in total. The zero-order valence-electron chi connectivity index (χ0n) is 8.85. The number of ether oxygens (including phenoxy) is 1. The van der Waals surface area contributed by atoms with Crippen molar-refractivity contribution in [3.63, 3.8) is 0 Å². The molecule has 1 aromatic rings. The lowest BCUT2D eigenvalue weighted by Gasteiger charge is -2.28. The van der Waals surface area contributed by atoms with E-state index in [2.05, 4.69) is 0 Å². The molecule has 2 rings (SSSR count). The molecule has 1 aliphatic heterocycles. The molecule has 0 atom stereocenters. The van der Waals surface area contributed by atoms with Gasteiger partial charge in [0.15, 0.2) is 0 Å². The van der Waals surface area contributed by atoms with Gasteiger partial charge < -0.3 is 14.7 Å². The van der Waals surface area contributed by atoms with E-state index < -0.39 is 5.97 Å². The average Bonchev–Trinajstić information content (AvgIpc) is 2.30. The molecule has 0 radical (unpaired) electrons. The van der Waals surface area contributed by atoms with Gasteiger partial charge in [0.1, 0.15) is 6.61 Å². The molecular formula is C11H10INO4. The van der Waals surface area contributed by atoms with E-state index in [0.29, 0.717) is 18.8 Å². The second kappa shape index (κ2) is 5.01. The number of benzene rings is 1. The summed E-state index contributed by atoms with van der Waals surface area (Å²) in [7, 11) is 0. The molecule has 0 aliphatic carbocycles. The van der Waals surface area contributed by atoms with Gasteiger partial charge in [0.2, 0.25) is 0 Å². The summed E-state index contributed by atoms with van der Waals surface area (Å²) in [5, 5.41) is 9.13. The van der Waals surface area contributed by atoms with E-state index in [1.807, 2.05) is 22.6 Å². The van der Waals surface area contributed by atoms with Gasteiger partial charge in [-0.1, -0.05) is 0 Å². The quantitative estimate of drug-likeness (QED) is 0.821. The lowest BCUT2D eigenvalue weighted by atomic mass is 10.1. The smallest absolute Gasteiger partial charge is 0.337 e. The first-order valence-corrected chi connectivity index (χ1v) is 6.08. The number of carbonyl (C=O) groups excluding carboxylic acids is 1. The van der Waals surface area contributed by atoms with Crippen LogP contribution in [0, 0.1) is 3.57 Å². The second-order valence-electron chi connectivity index (χ2n) is 3.56. The van der Waals surface area contributed by atoms with Crippen molar-refractivity contribution in [3.05, 3.63) is 27.3 Å². The Labute approximate surface area is 112 Å². The summed E-state index contributed by atoms with van der Waals surface area (Å²) < 4.78 is 5.84. The van der Waals surface area contributed by atoms with Crippen molar-refractivity contribution in [1.29, 1.82) is 0 Å². The fourth-order valence-corrected chi connectivity index (χ4v) is 2.18. The van der Waals surface area contributed by atoms with Crippen molar-refractivity contribution < 1.29 is 19.4 Å². The Morgan fingerprint density at radius 1 is 1.47 bits per heavy atom. The van der Waals surface area contributed by atoms with E-state index in [0.717, 1.165) is 3.57 Å². The predicted octanol–water partition coefficient (Wildman–Crippen LogP) is 1.35. The molecule has 17 heavy (non-hydrogen) atoms. The van der Waals surface area contributed by atoms with E-state index in [9.17, 15) is 9.59 Å². The fourth-order valence-electron chi connectivity index (χ4n) is 1.69. The summed E-state index contributed by atoms with van der Waals surface area (Å²) in [5.41, 5.74) is 0.582. The normalized spacial score (nSPS) is 16.1. The Morgan fingerprint density at radius 3 is 2.88 bits per heavy atom. The molecule has 1 N–H and O–H groups in total. The highest BCUT2D eigenvalue weighted by molar-refractivity contribution is 14.1. The van der Waals surface area contributed by atoms with Crippen molar-refractivity contribution in [1.82, 2.24) is 0 Å². The first-order chi connectivity index (χ1) is 8.09. The van der Waals surface area contributed by atoms with Gasteiger partial charge in [-0.05, 0) is 40.8 Å². The lowest BCUT2D eigenvalue weighted by molar-refractivity contribution is -0.125. The molecular weight excluding hydrogens is 337 g/mol. The number of anilines is 1. The van der Waals surface area contributed by atoms with Crippen LogP contribution in [0.15, 0.2) is 18.2 Å². The van der Waals surface area contributed by atoms with Gasteiger partial charge in [-0.25, -0.2) is 4.79 Å². The number of carbonyl (C=O) groups is 2. The molecule has 0 spiro atoms. The number of carboxylic acids is 1. The third-order valence-electron chi connectivity index (χ3n) is 2.47. The van der Waals surface area contributed by atoms with Crippen LogP contribution < -0.4 is 4.90 Å². The number of hydrogen-bond donors (Lipinski definition) is 1. The molecule has 1 heterocycles. The van der Waals surface area contributed by atoms with Gasteiger partial charge in [0.05, 0.1) is 17.9 Å². The summed E-state index contributed by atoms with van der Waals surface area (Å²) in [6.07, 6.45) is 0. The number of rotatable bonds is 2. The molecule has 90 valence electrons. The number of halogens is 1. The summed E-state index contributed by atoms with van der Waals surface area (Å²) in [6.45, 7) is 0.821. The van der Waals surface area contributed by atoms with Gasteiger partial charge in [0, 0.05) is 10.1 Å². The molecule has 1 amide bonds. The highest BCUT2D eigenvalue weighted by Gasteiger charge is 2.24. The highest BCUT2D eigenvalue weighted by Crippen LogP contribution is 2.24. The first-order valence-electron chi connectivity index (χ1n) is 5.00. The van der Waals surface area contributed by atoms with E-state index >= 15 is 0 Å². The monoisotopic (exact) mass is 347 g/mol. The Bertz CT molecular complexity index is 475. The third-order valence-corrected chi connectivity index (χ3v) is 3.14. The van der Waals surface area contributed by atoms with Crippen molar-refractivity contribution in [2.45, 2.75) is 0 Å². The Morgan fingerprint density at radius 2 is 2.24 bits per heavy atom. The Kier molecular flexibility index (Phi) is 3.63. The number of morpholine rings is 1. The molecule has 1 fully saturated rings. The Balaban J connectivity index is 2.43. The first kappa shape index (κ1) is 12.3. The zero-order chi connectivity index (χ0) is 12.4. The van der Waals surface area contributed by atoms with Gasteiger partial charge in [-0.15, -0.1) is 0 Å². The van der Waals surface area contributed by atoms with E-state index in [1.54, 1.807) is 18.2 Å². The topological polar surface area (TPSA) is 66.8 Å². The Hall–Kier alpha value is -1.15. The third kappa shape index (κ3) is 2.58. The number of hydrogen-bond acceptors (Lipinski definition) is 3. The maximum Gasteiger partial charge on any atom is 0.337 e. The number of amides is 1. The van der Waals surface area contributed by atoms with Crippen molar-refractivity contribution in [2.75, 3.05) is 24.7 Å². The van der Waals surface area contributed by atoms with Gasteiger partial charge in [0.25, 0.3) is 5.91 Å². The molecule has 0 aromatic heterocycles. The minimum absolute atomic E-state index is 0.00501. The predicted molar refractivity (Wildman–Crippen MR) is 69.3 cm³/mol. The minimum atomic E-state index is -1.03. The molecule has 6 heteroatoms. The molecule has 1 saturated heterocycles.